The van der Waals surface area contributed by atoms with Crippen LogP contribution in [-0.4, -0.2) is 42.0 Å². The van der Waals surface area contributed by atoms with Crippen molar-refractivity contribution < 1.29 is 9.18 Å². The molecule has 29 heavy (non-hydrogen) atoms. The molecule has 0 saturated heterocycles. The number of H-pyrrole nitrogens is 1. The molecule has 0 aliphatic carbocycles. The number of rotatable bonds is 7. The molecule has 0 saturated carbocycles. The van der Waals surface area contributed by atoms with Gasteiger partial charge in [-0.15, -0.1) is 0 Å². The Morgan fingerprint density at radius 3 is 2.83 bits per heavy atom. The first-order chi connectivity index (χ1) is 14.0. The van der Waals surface area contributed by atoms with E-state index in [4.69, 9.17) is 0 Å². The van der Waals surface area contributed by atoms with Gasteiger partial charge in [0.2, 0.25) is 5.91 Å². The number of aromatic amines is 1. The number of hydrogen-bond donors (Lipinski definition) is 4. The molecule has 0 atom stereocenters. The van der Waals surface area contributed by atoms with Crippen LogP contribution in [0.4, 0.5) is 10.2 Å². The van der Waals surface area contributed by atoms with Crippen LogP contribution in [0.25, 0.3) is 10.9 Å². The molecule has 0 aliphatic rings. The highest BCUT2D eigenvalue weighted by Crippen LogP contribution is 2.19. The van der Waals surface area contributed by atoms with E-state index >= 15 is 0 Å². The van der Waals surface area contributed by atoms with Gasteiger partial charge in [0.15, 0.2) is 5.96 Å². The maximum Gasteiger partial charge on any atom is 0.227 e. The van der Waals surface area contributed by atoms with Crippen molar-refractivity contribution in [3.8, 4) is 0 Å². The Bertz CT molecular complexity index is 1010. The number of carbonyl (C=O) groups excluding carboxylic acids is 1. The number of halogens is 1. The molecule has 0 aliphatic heterocycles. The predicted octanol–water partition coefficient (Wildman–Crippen LogP) is 2.75. The number of nitrogens with zero attached hydrogens (tertiary/aromatic N) is 2. The number of aliphatic imine (C=N–C) groups is 1. The van der Waals surface area contributed by atoms with Crippen molar-refractivity contribution in [1.82, 2.24) is 20.6 Å². The van der Waals surface area contributed by atoms with Crippen molar-refractivity contribution in [1.29, 1.82) is 0 Å². The fourth-order valence-electron chi connectivity index (χ4n) is 3.01. The van der Waals surface area contributed by atoms with Crippen molar-refractivity contribution in [2.24, 2.45) is 4.99 Å². The van der Waals surface area contributed by atoms with Crippen molar-refractivity contribution in [2.75, 3.05) is 25.5 Å². The summed E-state index contributed by atoms with van der Waals surface area (Å²) in [7, 11) is 1.68. The summed E-state index contributed by atoms with van der Waals surface area (Å²) in [5.74, 6) is 0.807. The van der Waals surface area contributed by atoms with Crippen molar-refractivity contribution in [3.63, 3.8) is 0 Å². The number of guanidine groups is 1. The van der Waals surface area contributed by atoms with E-state index in [1.165, 1.54) is 12.1 Å². The lowest BCUT2D eigenvalue weighted by molar-refractivity contribution is -0.116. The summed E-state index contributed by atoms with van der Waals surface area (Å²) in [6, 6.07) is 10.2. The van der Waals surface area contributed by atoms with E-state index in [9.17, 15) is 9.18 Å². The molecule has 3 aromatic rings. The second kappa shape index (κ2) is 9.68. The first-order valence-corrected chi connectivity index (χ1v) is 9.48. The number of pyridine rings is 1. The van der Waals surface area contributed by atoms with Gasteiger partial charge in [-0.05, 0) is 49.2 Å². The molecule has 2 heterocycles. The molecule has 152 valence electrons. The third-order valence-electron chi connectivity index (χ3n) is 4.44. The number of aromatic nitrogens is 2. The maximum absolute atomic E-state index is 13.3. The Morgan fingerprint density at radius 1 is 1.21 bits per heavy atom. The lowest BCUT2D eigenvalue weighted by atomic mass is 10.1. The Balaban J connectivity index is 1.40. The Kier molecular flexibility index (Phi) is 6.78. The summed E-state index contributed by atoms with van der Waals surface area (Å²) in [4.78, 5) is 23.5. The molecule has 0 bridgehead atoms. The third kappa shape index (κ3) is 5.78. The molecule has 3 rings (SSSR count). The van der Waals surface area contributed by atoms with Gasteiger partial charge in [0.1, 0.15) is 11.6 Å². The average Bonchev–Trinajstić information content (AvgIpc) is 3.08. The van der Waals surface area contributed by atoms with Crippen molar-refractivity contribution in [3.05, 3.63) is 59.7 Å². The smallest absolute Gasteiger partial charge is 0.227 e. The molecule has 8 heteroatoms. The number of nitrogens with one attached hydrogen (secondary N) is 4. The summed E-state index contributed by atoms with van der Waals surface area (Å²) < 4.78 is 13.3. The van der Waals surface area contributed by atoms with Crippen LogP contribution < -0.4 is 16.0 Å². The van der Waals surface area contributed by atoms with Crippen LogP contribution in [0, 0.1) is 12.7 Å². The fourth-order valence-corrected chi connectivity index (χ4v) is 3.01. The molecule has 1 aromatic carbocycles. The molecule has 2 aromatic heterocycles. The number of benzene rings is 1. The number of anilines is 1. The summed E-state index contributed by atoms with van der Waals surface area (Å²) in [6.45, 7) is 2.98. The molecule has 0 fully saturated rings. The zero-order chi connectivity index (χ0) is 20.6. The first kappa shape index (κ1) is 20.3. The quantitative estimate of drug-likeness (QED) is 0.365. The van der Waals surface area contributed by atoms with Crippen LogP contribution in [0.3, 0.4) is 0 Å². The highest BCUT2D eigenvalue weighted by Gasteiger charge is 2.07. The van der Waals surface area contributed by atoms with Gasteiger partial charge in [-0.25, -0.2) is 9.37 Å². The minimum atomic E-state index is -0.254. The lowest BCUT2D eigenvalue weighted by Gasteiger charge is -2.11. The van der Waals surface area contributed by atoms with Crippen LogP contribution in [0.15, 0.2) is 47.6 Å². The predicted molar refractivity (Wildman–Crippen MR) is 114 cm³/mol. The van der Waals surface area contributed by atoms with Crippen LogP contribution in [-0.2, 0) is 11.2 Å². The van der Waals surface area contributed by atoms with E-state index in [2.05, 4.69) is 30.9 Å². The van der Waals surface area contributed by atoms with Gasteiger partial charge in [0.25, 0.3) is 0 Å². The van der Waals surface area contributed by atoms with Crippen LogP contribution in [0.5, 0.6) is 0 Å². The Hall–Kier alpha value is -3.42. The van der Waals surface area contributed by atoms with Gasteiger partial charge in [-0.1, -0.05) is 6.07 Å². The number of aryl methyl sites for hydroxylation is 1. The van der Waals surface area contributed by atoms with E-state index in [-0.39, 0.29) is 11.7 Å². The van der Waals surface area contributed by atoms with E-state index in [1.807, 2.05) is 25.3 Å². The largest absolute Gasteiger partial charge is 0.361 e. The highest BCUT2D eigenvalue weighted by atomic mass is 19.1. The summed E-state index contributed by atoms with van der Waals surface area (Å²) in [5, 5.41) is 10.1. The average molecular weight is 396 g/mol. The third-order valence-corrected chi connectivity index (χ3v) is 4.44. The second-order valence-corrected chi connectivity index (χ2v) is 6.64. The molecule has 4 N–H and O–H groups in total. The first-order valence-electron chi connectivity index (χ1n) is 9.48. The molecular weight excluding hydrogens is 371 g/mol. The van der Waals surface area contributed by atoms with Gasteiger partial charge >= 0.3 is 0 Å². The molecule has 1 amide bonds. The standard InChI is InChI=1S/C21H25FN6O/c1-14-4-3-5-19(27-14)28-20(29)9-11-25-21(23-2)24-10-8-15-13-26-18-12-16(22)6-7-17(15)18/h3-7,12-13,26H,8-11H2,1-2H3,(H2,23,24,25)(H,27,28,29). The molecule has 0 spiro atoms. The maximum atomic E-state index is 13.3. The number of amides is 1. The number of carbonyl (C=O) groups is 1. The van der Waals surface area contributed by atoms with Gasteiger partial charge in [-0.3, -0.25) is 9.79 Å². The Morgan fingerprint density at radius 2 is 2.03 bits per heavy atom. The van der Waals surface area contributed by atoms with E-state index in [1.54, 1.807) is 19.2 Å². The van der Waals surface area contributed by atoms with E-state index < -0.39 is 0 Å². The van der Waals surface area contributed by atoms with Crippen molar-refractivity contribution >= 4 is 28.6 Å². The molecular formula is C21H25FN6O. The zero-order valence-electron chi connectivity index (χ0n) is 16.6. The fraction of sp³-hybridized carbons (Fsp3) is 0.286. The second-order valence-electron chi connectivity index (χ2n) is 6.64. The SMILES string of the molecule is CN=C(NCCC(=O)Nc1cccc(C)n1)NCCc1c[nH]c2cc(F)ccc12. The van der Waals surface area contributed by atoms with Gasteiger partial charge < -0.3 is 20.9 Å². The topological polar surface area (TPSA) is 94.2 Å². The van der Waals surface area contributed by atoms with E-state index in [0.717, 1.165) is 28.6 Å². The molecule has 0 radical (unpaired) electrons. The normalized spacial score (nSPS) is 11.5. The molecule has 7 nitrogen and oxygen atoms in total. The molecule has 0 unspecified atom stereocenters. The summed E-state index contributed by atoms with van der Waals surface area (Å²) in [6.07, 6.45) is 2.95. The van der Waals surface area contributed by atoms with Gasteiger partial charge in [0.05, 0.1) is 0 Å². The van der Waals surface area contributed by atoms with E-state index in [0.29, 0.717) is 31.3 Å². The minimum Gasteiger partial charge on any atom is -0.361 e. The Labute approximate surface area is 168 Å². The number of hydrogen-bond acceptors (Lipinski definition) is 3. The van der Waals surface area contributed by atoms with Crippen LogP contribution in [0.1, 0.15) is 17.7 Å². The van der Waals surface area contributed by atoms with Crippen LogP contribution in [0.2, 0.25) is 0 Å². The van der Waals surface area contributed by atoms with Crippen LogP contribution >= 0.6 is 0 Å². The summed E-state index contributed by atoms with van der Waals surface area (Å²) >= 11 is 0. The van der Waals surface area contributed by atoms with Gasteiger partial charge in [-0.2, -0.15) is 0 Å². The van der Waals surface area contributed by atoms with Crippen molar-refractivity contribution in [2.45, 2.75) is 19.8 Å². The number of fused-ring (bicyclic) bond motifs is 1. The zero-order valence-corrected chi connectivity index (χ0v) is 16.6. The highest BCUT2D eigenvalue weighted by molar-refractivity contribution is 5.90. The minimum absolute atomic E-state index is 0.114. The monoisotopic (exact) mass is 396 g/mol. The van der Waals surface area contributed by atoms with Gasteiger partial charge in [0, 0.05) is 49.4 Å². The lowest BCUT2D eigenvalue weighted by Crippen LogP contribution is -2.39. The summed E-state index contributed by atoms with van der Waals surface area (Å²) in [5.41, 5.74) is 2.75.